The van der Waals surface area contributed by atoms with E-state index in [4.69, 9.17) is 16.5 Å². The molecule has 1 unspecified atom stereocenters. The van der Waals surface area contributed by atoms with E-state index >= 15 is 0 Å². The Bertz CT molecular complexity index is 508. The van der Waals surface area contributed by atoms with Crippen LogP contribution >= 0.6 is 19.9 Å². The van der Waals surface area contributed by atoms with E-state index in [1.165, 1.54) is 25.2 Å². The molecule has 3 N–H and O–H groups in total. The minimum atomic E-state index is -3.07. The van der Waals surface area contributed by atoms with Crippen LogP contribution in [0.3, 0.4) is 0 Å². The van der Waals surface area contributed by atoms with E-state index in [1.807, 2.05) is 0 Å². The van der Waals surface area contributed by atoms with E-state index in [9.17, 15) is 14.2 Å². The fraction of sp³-hybridized carbons (Fsp3) is 0.111. The Morgan fingerprint density at radius 3 is 2.67 bits per heavy atom. The molecule has 0 aliphatic heterocycles. The number of halogens is 1. The molecule has 1 atom stereocenters. The second kappa shape index (κ2) is 6.30. The lowest BCUT2D eigenvalue weighted by Crippen LogP contribution is -2.21. The summed E-state index contributed by atoms with van der Waals surface area (Å²) in [4.78, 5) is 31.0. The first kappa shape index (κ1) is 14.4. The van der Waals surface area contributed by atoms with Gasteiger partial charge in [0.15, 0.2) is 0 Å². The van der Waals surface area contributed by atoms with Gasteiger partial charge in [-0.05, 0) is 18.2 Å². The quantitative estimate of drug-likeness (QED) is 0.738. The molecule has 0 radical (unpaired) electrons. The summed E-state index contributed by atoms with van der Waals surface area (Å²) in [5.74, 6) is -0.449. The summed E-state index contributed by atoms with van der Waals surface area (Å²) in [5.41, 5.74) is 0.218. The fourth-order valence-electron chi connectivity index (χ4n) is 1.16. The van der Waals surface area contributed by atoms with Gasteiger partial charge in [0, 0.05) is 16.6 Å². The van der Waals surface area contributed by atoms with Crippen LogP contribution in [-0.4, -0.2) is 23.9 Å². The molecule has 2 amide bonds. The number of carbonyl (C=O) groups excluding carboxylic acids is 2. The lowest BCUT2D eigenvalue weighted by Gasteiger charge is -2.08. The zero-order chi connectivity index (χ0) is 13.7. The van der Waals surface area contributed by atoms with Gasteiger partial charge in [0.2, 0.25) is 0 Å². The maximum absolute atomic E-state index is 11.5. The summed E-state index contributed by atoms with van der Waals surface area (Å²) in [5, 5.41) is 4.81. The first-order chi connectivity index (χ1) is 8.43. The topological polar surface area (TPSA) is 105 Å². The first-order valence-corrected chi connectivity index (χ1v) is 6.11. The molecular weight excluding hydrogens is 283 g/mol. The smallest absolute Gasteiger partial charge is 0.355 e. The van der Waals surface area contributed by atoms with Crippen molar-refractivity contribution in [1.29, 1.82) is 0 Å². The number of amides is 2. The lowest BCUT2D eigenvalue weighted by atomic mass is 10.1. The van der Waals surface area contributed by atoms with Crippen LogP contribution in [0.1, 0.15) is 10.4 Å². The number of hydrogen-bond donors (Lipinski definition) is 3. The molecule has 0 aliphatic rings. The van der Waals surface area contributed by atoms with Crippen molar-refractivity contribution in [3.63, 3.8) is 0 Å². The Morgan fingerprint density at radius 2 is 2.11 bits per heavy atom. The maximum Gasteiger partial charge on any atom is 0.752 e. The number of benzene rings is 1. The molecular formula is C9H9ClN2O5P+. The van der Waals surface area contributed by atoms with Gasteiger partial charge in [0.25, 0.3) is 5.91 Å². The normalized spacial score (nSPS) is 10.5. The molecule has 0 spiro atoms. The molecule has 7 nitrogen and oxygen atoms in total. The molecule has 0 fully saturated rings. The Labute approximate surface area is 108 Å². The zero-order valence-corrected chi connectivity index (χ0v) is 10.8. The summed E-state index contributed by atoms with van der Waals surface area (Å²) in [7, 11) is -1.65. The fourth-order valence-corrected chi connectivity index (χ4v) is 1.52. The van der Waals surface area contributed by atoms with Crippen LogP contribution in [0.4, 0.5) is 10.5 Å². The summed E-state index contributed by atoms with van der Waals surface area (Å²) < 4.78 is 14.3. The predicted octanol–water partition coefficient (Wildman–Crippen LogP) is 1.90. The van der Waals surface area contributed by atoms with Gasteiger partial charge < -0.3 is 5.32 Å². The number of hydrogen-bond acceptors (Lipinski definition) is 4. The molecule has 0 heterocycles. The van der Waals surface area contributed by atoms with Crippen molar-refractivity contribution >= 4 is 37.5 Å². The second-order valence-electron chi connectivity index (χ2n) is 3.01. The van der Waals surface area contributed by atoms with E-state index < -0.39 is 20.3 Å². The van der Waals surface area contributed by atoms with Gasteiger partial charge in [-0.25, -0.2) is 4.79 Å². The highest BCUT2D eigenvalue weighted by molar-refractivity contribution is 7.32. The van der Waals surface area contributed by atoms with Crippen molar-refractivity contribution in [3.8, 4) is 0 Å². The number of nitrogens with one attached hydrogen (secondary N) is 2. The van der Waals surface area contributed by atoms with Crippen LogP contribution in [-0.2, 0) is 9.09 Å². The van der Waals surface area contributed by atoms with Crippen molar-refractivity contribution < 1.29 is 23.6 Å². The molecule has 96 valence electrons. The Kier molecular flexibility index (Phi) is 5.03. The monoisotopic (exact) mass is 291 g/mol. The molecule has 1 aromatic rings. The highest BCUT2D eigenvalue weighted by Crippen LogP contribution is 2.23. The minimum Gasteiger partial charge on any atom is -0.355 e. The van der Waals surface area contributed by atoms with Crippen LogP contribution in [0.5, 0.6) is 0 Å². The highest BCUT2D eigenvalue weighted by Gasteiger charge is 2.22. The second-order valence-corrected chi connectivity index (χ2v) is 4.11. The Balaban J connectivity index is 2.99. The summed E-state index contributed by atoms with van der Waals surface area (Å²) in [6.45, 7) is 0. The van der Waals surface area contributed by atoms with Gasteiger partial charge in [-0.1, -0.05) is 11.6 Å². The average Bonchev–Trinajstić information content (AvgIpc) is 2.27. The van der Waals surface area contributed by atoms with Crippen LogP contribution in [0, 0.1) is 0 Å². The number of carbonyl (C=O) groups is 2. The number of anilines is 1. The standard InChI is InChI=1S/C9H8ClN2O5P/c1-11-8(13)6-3-2-5(10)4-7(6)12-9(14)17-18(15)16/h2-4H,1H3,(H2-,11,12,13,14,15,16)/p+1. The van der Waals surface area contributed by atoms with E-state index in [-0.39, 0.29) is 16.3 Å². The van der Waals surface area contributed by atoms with Crippen LogP contribution in [0.2, 0.25) is 5.02 Å². The van der Waals surface area contributed by atoms with E-state index in [1.54, 1.807) is 0 Å². The summed E-state index contributed by atoms with van der Waals surface area (Å²) in [6.07, 6.45) is -1.16. The van der Waals surface area contributed by atoms with Gasteiger partial charge in [-0.2, -0.15) is 4.52 Å². The van der Waals surface area contributed by atoms with Crippen LogP contribution < -0.4 is 10.6 Å². The molecule has 1 rings (SSSR count). The largest absolute Gasteiger partial charge is 0.752 e. The molecule has 0 aliphatic carbocycles. The Morgan fingerprint density at radius 1 is 1.44 bits per heavy atom. The van der Waals surface area contributed by atoms with Gasteiger partial charge >= 0.3 is 14.3 Å². The average molecular weight is 292 g/mol. The van der Waals surface area contributed by atoms with Gasteiger partial charge in [0.1, 0.15) is 0 Å². The van der Waals surface area contributed by atoms with Crippen molar-refractivity contribution in [3.05, 3.63) is 28.8 Å². The van der Waals surface area contributed by atoms with E-state index in [2.05, 4.69) is 15.2 Å². The molecule has 0 bridgehead atoms. The summed E-state index contributed by atoms with van der Waals surface area (Å²) in [6, 6.07) is 4.18. The zero-order valence-electron chi connectivity index (χ0n) is 9.14. The molecule has 0 aromatic heterocycles. The van der Waals surface area contributed by atoms with E-state index in [0.717, 1.165) is 0 Å². The third-order valence-corrected chi connectivity index (χ3v) is 2.41. The maximum atomic E-state index is 11.5. The first-order valence-electron chi connectivity index (χ1n) is 4.60. The highest BCUT2D eigenvalue weighted by atomic mass is 35.5. The SMILES string of the molecule is CNC(=O)c1ccc(Cl)cc1NC(=O)O[P+](=O)O. The predicted molar refractivity (Wildman–Crippen MR) is 64.8 cm³/mol. The molecule has 1 aromatic carbocycles. The van der Waals surface area contributed by atoms with Gasteiger partial charge in [-0.15, -0.1) is 4.89 Å². The van der Waals surface area contributed by atoms with Crippen LogP contribution in [0.15, 0.2) is 18.2 Å². The van der Waals surface area contributed by atoms with Crippen LogP contribution in [0.25, 0.3) is 0 Å². The van der Waals surface area contributed by atoms with E-state index in [0.29, 0.717) is 0 Å². The van der Waals surface area contributed by atoms with Crippen molar-refractivity contribution in [2.24, 2.45) is 0 Å². The molecule has 0 saturated heterocycles. The molecule has 18 heavy (non-hydrogen) atoms. The third kappa shape index (κ3) is 3.96. The molecule has 9 heteroatoms. The Hall–Kier alpha value is -1.69. The van der Waals surface area contributed by atoms with Crippen molar-refractivity contribution in [2.75, 3.05) is 12.4 Å². The third-order valence-electron chi connectivity index (χ3n) is 1.85. The molecule has 0 saturated carbocycles. The number of rotatable bonds is 3. The lowest BCUT2D eigenvalue weighted by molar-refractivity contribution is 0.0964. The van der Waals surface area contributed by atoms with Gasteiger partial charge in [-0.3, -0.25) is 10.1 Å². The summed E-state index contributed by atoms with van der Waals surface area (Å²) >= 11 is 5.72. The van der Waals surface area contributed by atoms with Crippen molar-refractivity contribution in [2.45, 2.75) is 0 Å². The minimum absolute atomic E-state index is 0.0729. The van der Waals surface area contributed by atoms with Gasteiger partial charge in [0.05, 0.1) is 11.3 Å². The van der Waals surface area contributed by atoms with Crippen molar-refractivity contribution in [1.82, 2.24) is 5.32 Å².